The van der Waals surface area contributed by atoms with E-state index >= 15 is 0 Å². The number of aliphatic hydroxyl groups is 2. The Morgan fingerprint density at radius 3 is 2.25 bits per heavy atom. The summed E-state index contributed by atoms with van der Waals surface area (Å²) >= 11 is 0. The number of benzene rings is 1. The van der Waals surface area contributed by atoms with Gasteiger partial charge in [-0.3, -0.25) is 9.59 Å². The third-order valence-corrected chi connectivity index (χ3v) is 9.03. The fourth-order valence-corrected chi connectivity index (χ4v) is 6.11. The van der Waals surface area contributed by atoms with Crippen molar-refractivity contribution in [1.29, 1.82) is 0 Å². The van der Waals surface area contributed by atoms with Crippen LogP contribution in [0.4, 0.5) is 4.79 Å². The summed E-state index contributed by atoms with van der Waals surface area (Å²) in [6.07, 6.45) is 7.04. The van der Waals surface area contributed by atoms with E-state index in [0.29, 0.717) is 23.8 Å². The Morgan fingerprint density at radius 2 is 1.69 bits per heavy atom. The molecule has 1 heterocycles. The van der Waals surface area contributed by atoms with Crippen LogP contribution in [0.15, 0.2) is 36.8 Å². The van der Waals surface area contributed by atoms with E-state index in [1.54, 1.807) is 46.2 Å². The smallest absolute Gasteiger partial charge is 0.408 e. The molecule has 3 rings (SSSR count). The number of H-pyrrole nitrogens is 1. The molecule has 2 aromatic rings. The molecule has 1 saturated carbocycles. The zero-order valence-corrected chi connectivity index (χ0v) is 29.7. The highest BCUT2D eigenvalue weighted by Crippen LogP contribution is 2.29. The number of ether oxygens (including phenoxy) is 2. The van der Waals surface area contributed by atoms with Crippen molar-refractivity contribution < 1.29 is 34.1 Å². The molecule has 2 unspecified atom stereocenters. The molecule has 1 aliphatic rings. The number of alkyl carbamates (subject to hydrolysis) is 1. The van der Waals surface area contributed by atoms with Gasteiger partial charge in [-0.25, -0.2) is 9.78 Å². The molecule has 0 spiro atoms. The molecule has 1 aliphatic carbocycles. The SMILES string of the molecule is COc1ccc(C[C@H](NC(=O)OC(C)(C)C)C(=O)N(C)[C@@H](Cc2cnc[nH]2)C(=O)N[C@@H](CC2CCCCC2)C(O)CC(O)C(C)C)cc1. The molecule has 0 bridgehead atoms. The molecule has 0 aliphatic heterocycles. The Morgan fingerprint density at radius 1 is 1.02 bits per heavy atom. The van der Waals surface area contributed by atoms with Crippen LogP contribution in [0, 0.1) is 11.8 Å². The number of nitrogens with zero attached hydrogens (tertiary/aromatic N) is 2. The molecule has 12 nitrogen and oxygen atoms in total. The van der Waals surface area contributed by atoms with E-state index in [1.165, 1.54) is 24.7 Å². The average Bonchev–Trinajstić information content (AvgIpc) is 3.55. The van der Waals surface area contributed by atoms with Crippen molar-refractivity contribution in [3.63, 3.8) is 0 Å². The monoisotopic (exact) mass is 671 g/mol. The molecule has 0 saturated heterocycles. The molecule has 5 N–H and O–H groups in total. The van der Waals surface area contributed by atoms with Crippen LogP contribution in [0.1, 0.15) is 90.8 Å². The number of carbonyl (C=O) groups excluding carboxylic acids is 3. The lowest BCUT2D eigenvalue weighted by atomic mass is 9.82. The summed E-state index contributed by atoms with van der Waals surface area (Å²) in [5, 5.41) is 27.7. The summed E-state index contributed by atoms with van der Waals surface area (Å²) in [7, 11) is 3.10. The lowest BCUT2D eigenvalue weighted by molar-refractivity contribution is -0.141. The second kappa shape index (κ2) is 18.2. The number of imidazole rings is 1. The summed E-state index contributed by atoms with van der Waals surface area (Å²) in [6, 6.07) is 4.50. The Kier molecular flexibility index (Phi) is 14.7. The van der Waals surface area contributed by atoms with Gasteiger partial charge >= 0.3 is 6.09 Å². The first kappa shape index (κ1) is 38.8. The highest BCUT2D eigenvalue weighted by molar-refractivity contribution is 5.91. The number of aliphatic hydroxyl groups excluding tert-OH is 2. The number of methoxy groups -OCH3 is 1. The standard InChI is InChI=1S/C36H57N5O7/c1-23(2)31(42)20-32(43)28(17-24-11-9-8-10-12-24)39-33(44)30(19-26-21-37-22-38-26)41(6)34(45)29(40-35(46)48-36(3,4)5)18-25-13-15-27(47-7)16-14-25/h13-16,21-24,28-32,42-43H,8-12,17-20H2,1-7H3,(H,37,38)(H,39,44)(H,40,46)/t28-,29-,30-,31?,32?/m0/s1. The van der Waals surface area contributed by atoms with Crippen molar-refractivity contribution in [2.45, 2.75) is 128 Å². The van der Waals surface area contributed by atoms with Crippen LogP contribution in [-0.4, -0.2) is 93.1 Å². The lowest BCUT2D eigenvalue weighted by Gasteiger charge is -2.35. The molecule has 3 amide bonds. The molecule has 1 aromatic heterocycles. The maximum atomic E-state index is 14.2. The third-order valence-electron chi connectivity index (χ3n) is 9.03. The predicted octanol–water partition coefficient (Wildman–Crippen LogP) is 4.15. The van der Waals surface area contributed by atoms with Gasteiger partial charge in [-0.1, -0.05) is 58.1 Å². The number of nitrogens with one attached hydrogen (secondary N) is 3. The van der Waals surface area contributed by atoms with Crippen molar-refractivity contribution in [1.82, 2.24) is 25.5 Å². The van der Waals surface area contributed by atoms with Crippen molar-refractivity contribution in [2.24, 2.45) is 11.8 Å². The maximum Gasteiger partial charge on any atom is 0.408 e. The predicted molar refractivity (Wildman–Crippen MR) is 183 cm³/mol. The Bertz CT molecular complexity index is 1270. The number of hydrogen-bond donors (Lipinski definition) is 5. The molecule has 268 valence electrons. The van der Waals surface area contributed by atoms with Gasteiger partial charge in [0.25, 0.3) is 0 Å². The number of aromatic nitrogens is 2. The van der Waals surface area contributed by atoms with Crippen LogP contribution in [0.5, 0.6) is 5.75 Å². The molecule has 0 radical (unpaired) electrons. The second-order valence-corrected chi connectivity index (χ2v) is 14.5. The topological polar surface area (TPSA) is 166 Å². The largest absolute Gasteiger partial charge is 0.497 e. The minimum absolute atomic E-state index is 0.0531. The first-order valence-corrected chi connectivity index (χ1v) is 17.2. The number of rotatable bonds is 16. The van der Waals surface area contributed by atoms with Crippen molar-refractivity contribution in [3.8, 4) is 5.75 Å². The Hall–Kier alpha value is -3.64. The van der Waals surface area contributed by atoms with Gasteiger partial charge in [0.05, 0.1) is 31.7 Å². The van der Waals surface area contributed by atoms with E-state index in [2.05, 4.69) is 20.6 Å². The van der Waals surface area contributed by atoms with Crippen molar-refractivity contribution >= 4 is 17.9 Å². The second-order valence-electron chi connectivity index (χ2n) is 14.5. The first-order chi connectivity index (χ1) is 22.7. The highest BCUT2D eigenvalue weighted by Gasteiger charge is 2.36. The molecular formula is C36H57N5O7. The number of hydrogen-bond acceptors (Lipinski definition) is 8. The zero-order chi connectivity index (χ0) is 35.4. The van der Waals surface area contributed by atoms with Crippen molar-refractivity contribution in [3.05, 3.63) is 48.0 Å². The maximum absolute atomic E-state index is 14.2. The molecule has 12 heteroatoms. The van der Waals surface area contributed by atoms with E-state index in [-0.39, 0.29) is 25.2 Å². The van der Waals surface area contributed by atoms with Crippen LogP contribution in [0.2, 0.25) is 0 Å². The number of likely N-dealkylation sites (N-methyl/N-ethyl adjacent to an activating group) is 1. The highest BCUT2D eigenvalue weighted by atomic mass is 16.6. The van der Waals surface area contributed by atoms with E-state index in [4.69, 9.17) is 9.47 Å². The van der Waals surface area contributed by atoms with Gasteiger partial charge in [0.2, 0.25) is 11.8 Å². The number of carbonyl (C=O) groups is 3. The number of aromatic amines is 1. The Balaban J connectivity index is 1.90. The van der Waals surface area contributed by atoms with E-state index < -0.39 is 53.8 Å². The average molecular weight is 672 g/mol. The van der Waals surface area contributed by atoms with Gasteiger partial charge in [-0.2, -0.15) is 0 Å². The first-order valence-electron chi connectivity index (χ1n) is 17.2. The van der Waals surface area contributed by atoms with E-state index in [9.17, 15) is 24.6 Å². The third kappa shape index (κ3) is 12.4. The quantitative estimate of drug-likeness (QED) is 0.178. The summed E-state index contributed by atoms with van der Waals surface area (Å²) in [6.45, 7) is 8.99. The zero-order valence-electron chi connectivity index (χ0n) is 29.7. The van der Waals surface area contributed by atoms with Crippen molar-refractivity contribution in [2.75, 3.05) is 14.2 Å². The lowest BCUT2D eigenvalue weighted by Crippen LogP contribution is -2.58. The van der Waals surface area contributed by atoms with E-state index in [1.807, 2.05) is 26.0 Å². The van der Waals surface area contributed by atoms with Gasteiger partial charge in [0, 0.05) is 38.2 Å². The van der Waals surface area contributed by atoms with Crippen LogP contribution in [-0.2, 0) is 27.2 Å². The van der Waals surface area contributed by atoms with Crippen LogP contribution >= 0.6 is 0 Å². The summed E-state index contributed by atoms with van der Waals surface area (Å²) < 4.78 is 10.8. The molecule has 48 heavy (non-hydrogen) atoms. The minimum Gasteiger partial charge on any atom is -0.497 e. The van der Waals surface area contributed by atoms with Crippen LogP contribution < -0.4 is 15.4 Å². The minimum atomic E-state index is -1.06. The van der Waals surface area contributed by atoms with E-state index in [0.717, 1.165) is 31.2 Å². The fourth-order valence-electron chi connectivity index (χ4n) is 6.11. The molecule has 1 aromatic carbocycles. The van der Waals surface area contributed by atoms with Gasteiger partial charge in [-0.05, 0) is 56.7 Å². The Labute approximate surface area is 285 Å². The summed E-state index contributed by atoms with van der Waals surface area (Å²) in [5.74, 6) is 0.00618. The molecule has 5 atom stereocenters. The normalized spacial score (nSPS) is 17.1. The summed E-state index contributed by atoms with van der Waals surface area (Å²) in [4.78, 5) is 49.8. The number of amides is 3. The molecule has 1 fully saturated rings. The van der Waals surface area contributed by atoms with Gasteiger partial charge in [0.15, 0.2) is 0 Å². The van der Waals surface area contributed by atoms with Gasteiger partial charge in [-0.15, -0.1) is 0 Å². The van der Waals surface area contributed by atoms with Gasteiger partial charge in [0.1, 0.15) is 23.4 Å². The van der Waals surface area contributed by atoms with Crippen LogP contribution in [0.25, 0.3) is 0 Å². The fraction of sp³-hybridized carbons (Fsp3) is 0.667. The molecular weight excluding hydrogens is 614 g/mol. The summed E-state index contributed by atoms with van der Waals surface area (Å²) in [5.41, 5.74) is 0.623. The van der Waals surface area contributed by atoms with Crippen LogP contribution in [0.3, 0.4) is 0 Å². The van der Waals surface area contributed by atoms with Gasteiger partial charge < -0.3 is 40.2 Å².